The average molecular weight is 350 g/mol. The molecule has 0 amide bonds. The molecule has 0 bridgehead atoms. The van der Waals surface area contributed by atoms with Crippen LogP contribution in [0.3, 0.4) is 0 Å². The molecular weight excluding hydrogens is 335 g/mol. The smallest absolute Gasteiger partial charge is 0.393 e. The van der Waals surface area contributed by atoms with E-state index in [0.29, 0.717) is 23.5 Å². The van der Waals surface area contributed by atoms with Crippen molar-refractivity contribution in [2.75, 3.05) is 18.0 Å². The Balaban J connectivity index is 1.93. The predicted molar refractivity (Wildman–Crippen MR) is 73.6 cm³/mol. The highest BCUT2D eigenvalue weighted by atomic mass is 79.9. The van der Waals surface area contributed by atoms with Crippen LogP contribution in [0.15, 0.2) is 22.7 Å². The van der Waals surface area contributed by atoms with Gasteiger partial charge >= 0.3 is 6.18 Å². The molecule has 1 heterocycles. The van der Waals surface area contributed by atoms with Gasteiger partial charge in [0.2, 0.25) is 0 Å². The second kappa shape index (κ2) is 4.91. The lowest BCUT2D eigenvalue weighted by atomic mass is 10.00. The standard InChI is InChI=1S/C14H15BrF3NO/c15-9-2-3-11(14(16,17)18)12(5-9)19-6-8-1-4-13(20)10(8)7-19/h2-3,5,8,10,13,20H,1,4,6-7H2. The summed E-state index contributed by atoms with van der Waals surface area (Å²) in [6.45, 7) is 1.10. The van der Waals surface area contributed by atoms with Crippen LogP contribution in [-0.2, 0) is 6.18 Å². The molecule has 0 aromatic heterocycles. The Bertz CT molecular complexity index is 520. The number of hydrogen-bond donors (Lipinski definition) is 1. The monoisotopic (exact) mass is 349 g/mol. The van der Waals surface area contributed by atoms with Crippen molar-refractivity contribution in [2.24, 2.45) is 11.8 Å². The van der Waals surface area contributed by atoms with E-state index in [0.717, 1.165) is 18.9 Å². The Morgan fingerprint density at radius 2 is 1.95 bits per heavy atom. The van der Waals surface area contributed by atoms with Crippen molar-refractivity contribution in [1.82, 2.24) is 0 Å². The molecule has 2 nitrogen and oxygen atoms in total. The van der Waals surface area contributed by atoms with E-state index in [1.54, 1.807) is 4.90 Å². The first kappa shape index (κ1) is 14.2. The molecule has 2 fully saturated rings. The molecule has 1 saturated heterocycles. The molecule has 1 aliphatic carbocycles. The van der Waals surface area contributed by atoms with Crippen molar-refractivity contribution in [3.8, 4) is 0 Å². The fraction of sp³-hybridized carbons (Fsp3) is 0.571. The van der Waals surface area contributed by atoms with E-state index in [-0.39, 0.29) is 17.7 Å². The third kappa shape index (κ3) is 2.44. The van der Waals surface area contributed by atoms with Gasteiger partial charge in [-0.25, -0.2) is 0 Å². The van der Waals surface area contributed by atoms with Crippen LogP contribution in [0, 0.1) is 11.8 Å². The summed E-state index contributed by atoms with van der Waals surface area (Å²) in [4.78, 5) is 1.77. The lowest BCUT2D eigenvalue weighted by molar-refractivity contribution is -0.137. The molecule has 1 aromatic rings. The normalized spacial score (nSPS) is 29.9. The van der Waals surface area contributed by atoms with Crippen molar-refractivity contribution in [2.45, 2.75) is 25.1 Å². The maximum absolute atomic E-state index is 13.1. The molecule has 110 valence electrons. The summed E-state index contributed by atoms with van der Waals surface area (Å²) in [6.07, 6.45) is -3.05. The number of fused-ring (bicyclic) bond motifs is 1. The van der Waals surface area contributed by atoms with E-state index in [2.05, 4.69) is 15.9 Å². The fourth-order valence-electron chi connectivity index (χ4n) is 3.44. The van der Waals surface area contributed by atoms with Crippen molar-refractivity contribution >= 4 is 21.6 Å². The first-order chi connectivity index (χ1) is 9.36. The number of rotatable bonds is 1. The van der Waals surface area contributed by atoms with Gasteiger partial charge in [-0.15, -0.1) is 0 Å². The van der Waals surface area contributed by atoms with Crippen molar-refractivity contribution in [1.29, 1.82) is 0 Å². The van der Waals surface area contributed by atoms with Gasteiger partial charge in [0.25, 0.3) is 0 Å². The van der Waals surface area contributed by atoms with E-state index < -0.39 is 11.7 Å². The first-order valence-corrected chi connectivity index (χ1v) is 7.45. The first-order valence-electron chi connectivity index (χ1n) is 6.66. The summed E-state index contributed by atoms with van der Waals surface area (Å²) in [7, 11) is 0. The number of anilines is 1. The third-order valence-corrected chi connectivity index (χ3v) is 4.92. The maximum Gasteiger partial charge on any atom is 0.418 e. The lowest BCUT2D eigenvalue weighted by Gasteiger charge is -2.24. The summed E-state index contributed by atoms with van der Waals surface area (Å²) >= 11 is 3.24. The molecule has 3 atom stereocenters. The van der Waals surface area contributed by atoms with Gasteiger partial charge < -0.3 is 10.0 Å². The Kier molecular flexibility index (Phi) is 3.49. The van der Waals surface area contributed by atoms with Crippen molar-refractivity contribution in [3.63, 3.8) is 0 Å². The minimum Gasteiger partial charge on any atom is -0.393 e. The zero-order valence-electron chi connectivity index (χ0n) is 10.7. The number of alkyl halides is 3. The largest absolute Gasteiger partial charge is 0.418 e. The molecular formula is C14H15BrF3NO. The van der Waals surface area contributed by atoms with Crippen molar-refractivity contribution in [3.05, 3.63) is 28.2 Å². The quantitative estimate of drug-likeness (QED) is 0.835. The summed E-state index contributed by atoms with van der Waals surface area (Å²) in [6, 6.07) is 4.05. The number of hydrogen-bond acceptors (Lipinski definition) is 2. The molecule has 3 rings (SSSR count). The second-order valence-corrected chi connectivity index (χ2v) is 6.55. The molecule has 1 saturated carbocycles. The van der Waals surface area contributed by atoms with Gasteiger partial charge in [0.15, 0.2) is 0 Å². The molecule has 3 unspecified atom stereocenters. The number of nitrogens with zero attached hydrogens (tertiary/aromatic N) is 1. The number of benzene rings is 1. The molecule has 1 N–H and O–H groups in total. The van der Waals surface area contributed by atoms with Gasteiger partial charge in [0.1, 0.15) is 0 Å². The fourth-order valence-corrected chi connectivity index (χ4v) is 3.79. The van der Waals surface area contributed by atoms with Crippen LogP contribution in [-0.4, -0.2) is 24.3 Å². The van der Waals surface area contributed by atoms with Crippen LogP contribution >= 0.6 is 15.9 Å². The van der Waals surface area contributed by atoms with Crippen LogP contribution in [0.5, 0.6) is 0 Å². The molecule has 2 aliphatic rings. The molecule has 1 aliphatic heterocycles. The number of aliphatic hydroxyl groups is 1. The highest BCUT2D eigenvalue weighted by molar-refractivity contribution is 9.10. The molecule has 6 heteroatoms. The van der Waals surface area contributed by atoms with Crippen LogP contribution in [0.25, 0.3) is 0 Å². The summed E-state index contributed by atoms with van der Waals surface area (Å²) < 4.78 is 40.0. The van der Waals surface area contributed by atoms with Crippen molar-refractivity contribution < 1.29 is 18.3 Å². The van der Waals surface area contributed by atoms with E-state index >= 15 is 0 Å². The van der Waals surface area contributed by atoms with Crippen LogP contribution < -0.4 is 4.90 Å². The third-order valence-electron chi connectivity index (χ3n) is 4.42. The molecule has 20 heavy (non-hydrogen) atoms. The number of aliphatic hydroxyl groups excluding tert-OH is 1. The van der Waals surface area contributed by atoms with Gasteiger partial charge in [0, 0.05) is 23.5 Å². The van der Waals surface area contributed by atoms with E-state index in [1.807, 2.05) is 0 Å². The minimum absolute atomic E-state index is 0.107. The molecule has 1 aromatic carbocycles. The summed E-state index contributed by atoms with van der Waals surface area (Å²) in [5, 5.41) is 9.89. The van der Waals surface area contributed by atoms with Crippen LogP contribution in [0.1, 0.15) is 18.4 Å². The van der Waals surface area contributed by atoms with E-state index in [9.17, 15) is 18.3 Å². The van der Waals surface area contributed by atoms with Gasteiger partial charge in [-0.2, -0.15) is 13.2 Å². The van der Waals surface area contributed by atoms with Crippen LogP contribution in [0.4, 0.5) is 18.9 Å². The zero-order chi connectivity index (χ0) is 14.5. The second-order valence-electron chi connectivity index (χ2n) is 5.63. The summed E-state index contributed by atoms with van der Waals surface area (Å²) in [5.41, 5.74) is -0.386. The Morgan fingerprint density at radius 3 is 2.60 bits per heavy atom. The van der Waals surface area contributed by atoms with E-state index in [4.69, 9.17) is 0 Å². The predicted octanol–water partition coefficient (Wildman–Crippen LogP) is 3.68. The highest BCUT2D eigenvalue weighted by Gasteiger charge is 2.44. The topological polar surface area (TPSA) is 23.5 Å². The van der Waals surface area contributed by atoms with E-state index in [1.165, 1.54) is 12.1 Å². The van der Waals surface area contributed by atoms with Gasteiger partial charge in [-0.05, 0) is 37.0 Å². The van der Waals surface area contributed by atoms with Gasteiger partial charge in [0.05, 0.1) is 17.4 Å². The number of halogens is 4. The minimum atomic E-state index is -4.35. The van der Waals surface area contributed by atoms with Gasteiger partial charge in [-0.1, -0.05) is 15.9 Å². The summed E-state index contributed by atoms with van der Waals surface area (Å²) in [5.74, 6) is 0.417. The molecule has 0 radical (unpaired) electrons. The zero-order valence-corrected chi connectivity index (χ0v) is 12.3. The Morgan fingerprint density at radius 1 is 1.20 bits per heavy atom. The SMILES string of the molecule is OC1CCC2CN(c3cc(Br)ccc3C(F)(F)F)CC12. The van der Waals surface area contributed by atoms with Crippen LogP contribution in [0.2, 0.25) is 0 Å². The maximum atomic E-state index is 13.1. The highest BCUT2D eigenvalue weighted by Crippen LogP contribution is 2.44. The average Bonchev–Trinajstić information content (AvgIpc) is 2.90. The van der Waals surface area contributed by atoms with Gasteiger partial charge in [-0.3, -0.25) is 0 Å². The lowest BCUT2D eigenvalue weighted by Crippen LogP contribution is -2.26. The molecule has 0 spiro atoms. The Labute approximate surface area is 123 Å². The Hall–Kier alpha value is -0.750.